The van der Waals surface area contributed by atoms with Gasteiger partial charge in [0.15, 0.2) is 0 Å². The summed E-state index contributed by atoms with van der Waals surface area (Å²) in [5, 5.41) is 0.701. The number of hydrogen-bond donors (Lipinski definition) is 1. The van der Waals surface area contributed by atoms with Crippen molar-refractivity contribution in [3.05, 3.63) is 58.1 Å². The molecule has 0 unspecified atom stereocenters. The van der Waals surface area contributed by atoms with Gasteiger partial charge >= 0.3 is 0 Å². The summed E-state index contributed by atoms with van der Waals surface area (Å²) in [5.41, 5.74) is 2.47. The molecule has 0 saturated carbocycles. The van der Waals surface area contributed by atoms with Gasteiger partial charge in [0, 0.05) is 9.80 Å². The van der Waals surface area contributed by atoms with Crippen molar-refractivity contribution in [1.29, 1.82) is 0 Å². The second kappa shape index (κ2) is 6.28. The van der Waals surface area contributed by atoms with Crippen LogP contribution in [0.2, 0.25) is 0 Å². The molecule has 0 aliphatic carbocycles. The summed E-state index contributed by atoms with van der Waals surface area (Å²) in [6.45, 7) is 1.86. The van der Waals surface area contributed by atoms with Crippen molar-refractivity contribution in [2.24, 2.45) is 0 Å². The fraction of sp³-hybridized carbons (Fsp3) is 0.143. The fourth-order valence-corrected chi connectivity index (χ4v) is 3.68. The van der Waals surface area contributed by atoms with Gasteiger partial charge in [-0.15, -0.1) is 0 Å². The van der Waals surface area contributed by atoms with Crippen molar-refractivity contribution in [3.8, 4) is 0 Å². The number of benzene rings is 2. The summed E-state index contributed by atoms with van der Waals surface area (Å²) in [7, 11) is -3.55. The Balaban J connectivity index is 2.30. The van der Waals surface area contributed by atoms with Crippen LogP contribution in [-0.2, 0) is 15.4 Å². The number of hydrogen-bond acceptors (Lipinski definition) is 2. The molecule has 0 aromatic heterocycles. The molecule has 0 aliphatic heterocycles. The maximum absolute atomic E-state index is 12.3. The standard InChI is InChI=1S/C14H13Br2NO2S/c1-10-8-12(16)4-7-14(10)17-20(18,19)13-5-2-11(9-15)3-6-13/h2-8,17H,9H2,1H3. The number of anilines is 1. The van der Waals surface area contributed by atoms with Crippen molar-refractivity contribution in [2.75, 3.05) is 4.72 Å². The van der Waals surface area contributed by atoms with E-state index in [2.05, 4.69) is 36.6 Å². The Hall–Kier alpha value is -0.850. The fourth-order valence-electron chi connectivity index (χ4n) is 1.70. The molecule has 2 aromatic carbocycles. The first-order valence-corrected chi connectivity index (χ1v) is 9.26. The summed E-state index contributed by atoms with van der Waals surface area (Å²) in [4.78, 5) is 0.254. The average molecular weight is 419 g/mol. The molecule has 106 valence electrons. The highest BCUT2D eigenvalue weighted by molar-refractivity contribution is 9.10. The number of sulfonamides is 1. The van der Waals surface area contributed by atoms with E-state index in [0.717, 1.165) is 15.6 Å². The summed E-state index contributed by atoms with van der Waals surface area (Å²) >= 11 is 6.69. The molecule has 6 heteroatoms. The van der Waals surface area contributed by atoms with E-state index in [1.165, 1.54) is 0 Å². The Morgan fingerprint density at radius 2 is 1.75 bits per heavy atom. The first-order valence-electron chi connectivity index (χ1n) is 5.86. The largest absolute Gasteiger partial charge is 0.279 e. The minimum absolute atomic E-state index is 0.254. The van der Waals surface area contributed by atoms with E-state index in [9.17, 15) is 8.42 Å². The van der Waals surface area contributed by atoms with Crippen LogP contribution in [0.1, 0.15) is 11.1 Å². The maximum atomic E-state index is 12.3. The quantitative estimate of drug-likeness (QED) is 0.745. The van der Waals surface area contributed by atoms with Gasteiger partial charge in [-0.25, -0.2) is 8.42 Å². The van der Waals surface area contributed by atoms with Crippen LogP contribution < -0.4 is 4.72 Å². The van der Waals surface area contributed by atoms with Gasteiger partial charge in [0.1, 0.15) is 0 Å². The van der Waals surface area contributed by atoms with Crippen LogP contribution in [-0.4, -0.2) is 8.42 Å². The predicted molar refractivity (Wildman–Crippen MR) is 88.8 cm³/mol. The molecule has 0 heterocycles. The molecular weight excluding hydrogens is 406 g/mol. The van der Waals surface area contributed by atoms with Crippen molar-refractivity contribution in [1.82, 2.24) is 0 Å². The van der Waals surface area contributed by atoms with Crippen molar-refractivity contribution in [2.45, 2.75) is 17.1 Å². The minimum atomic E-state index is -3.55. The molecular formula is C14H13Br2NO2S. The highest BCUT2D eigenvalue weighted by Crippen LogP contribution is 2.23. The third-order valence-corrected chi connectivity index (χ3v) is 5.34. The van der Waals surface area contributed by atoms with Crippen LogP contribution in [0, 0.1) is 6.92 Å². The van der Waals surface area contributed by atoms with Gasteiger partial charge in [-0.05, 0) is 48.4 Å². The number of nitrogens with one attached hydrogen (secondary N) is 1. The van der Waals surface area contributed by atoms with E-state index >= 15 is 0 Å². The second-order valence-electron chi connectivity index (χ2n) is 4.34. The first-order chi connectivity index (χ1) is 9.42. The van der Waals surface area contributed by atoms with Crippen LogP contribution in [0.3, 0.4) is 0 Å². The lowest BCUT2D eigenvalue weighted by molar-refractivity contribution is 0.601. The van der Waals surface area contributed by atoms with Gasteiger partial charge in [0.25, 0.3) is 10.0 Å². The Morgan fingerprint density at radius 3 is 2.30 bits per heavy atom. The lowest BCUT2D eigenvalue weighted by Gasteiger charge is -2.11. The molecule has 0 radical (unpaired) electrons. The van der Waals surface area contributed by atoms with E-state index < -0.39 is 10.0 Å². The van der Waals surface area contributed by atoms with Gasteiger partial charge in [0.05, 0.1) is 10.6 Å². The predicted octanol–water partition coefficient (Wildman–Crippen LogP) is 4.45. The van der Waals surface area contributed by atoms with Crippen molar-refractivity contribution < 1.29 is 8.42 Å². The summed E-state index contributed by atoms with van der Waals surface area (Å²) in [6, 6.07) is 12.2. The van der Waals surface area contributed by atoms with E-state index in [1.807, 2.05) is 13.0 Å². The zero-order valence-corrected chi connectivity index (χ0v) is 14.7. The van der Waals surface area contributed by atoms with Crippen LogP contribution in [0.5, 0.6) is 0 Å². The first kappa shape index (κ1) is 15.5. The second-order valence-corrected chi connectivity index (χ2v) is 7.50. The SMILES string of the molecule is Cc1cc(Br)ccc1NS(=O)(=O)c1ccc(CBr)cc1. The molecule has 0 amide bonds. The van der Waals surface area contributed by atoms with Gasteiger partial charge in [0.2, 0.25) is 0 Å². The smallest absolute Gasteiger partial charge is 0.261 e. The monoisotopic (exact) mass is 417 g/mol. The van der Waals surface area contributed by atoms with Gasteiger partial charge in [-0.2, -0.15) is 0 Å². The summed E-state index contributed by atoms with van der Waals surface area (Å²) < 4.78 is 28.1. The van der Waals surface area contributed by atoms with Crippen LogP contribution in [0.25, 0.3) is 0 Å². The molecule has 1 N–H and O–H groups in total. The zero-order chi connectivity index (χ0) is 14.8. The number of aryl methyl sites for hydroxylation is 1. The molecule has 0 aliphatic rings. The van der Waals surface area contributed by atoms with Gasteiger partial charge in [-0.3, -0.25) is 4.72 Å². The minimum Gasteiger partial charge on any atom is -0.279 e. The molecule has 0 spiro atoms. The van der Waals surface area contributed by atoms with Gasteiger partial charge in [-0.1, -0.05) is 44.0 Å². The van der Waals surface area contributed by atoms with Crippen molar-refractivity contribution in [3.63, 3.8) is 0 Å². The third-order valence-electron chi connectivity index (χ3n) is 2.82. The van der Waals surface area contributed by atoms with Crippen LogP contribution in [0.15, 0.2) is 51.8 Å². The average Bonchev–Trinajstić information content (AvgIpc) is 2.42. The summed E-state index contributed by atoms with van der Waals surface area (Å²) in [5.74, 6) is 0. The van der Waals surface area contributed by atoms with Crippen LogP contribution >= 0.6 is 31.9 Å². The van der Waals surface area contributed by atoms with Crippen molar-refractivity contribution >= 4 is 47.6 Å². The Kier molecular flexibility index (Phi) is 4.88. The summed E-state index contributed by atoms with van der Waals surface area (Å²) in [6.07, 6.45) is 0. The zero-order valence-electron chi connectivity index (χ0n) is 10.7. The lowest BCUT2D eigenvalue weighted by atomic mass is 10.2. The molecule has 0 saturated heterocycles. The Morgan fingerprint density at radius 1 is 1.10 bits per heavy atom. The lowest BCUT2D eigenvalue weighted by Crippen LogP contribution is -2.13. The molecule has 0 atom stereocenters. The number of halogens is 2. The topological polar surface area (TPSA) is 46.2 Å². The molecule has 3 nitrogen and oxygen atoms in total. The molecule has 0 fully saturated rings. The highest BCUT2D eigenvalue weighted by atomic mass is 79.9. The molecule has 0 bridgehead atoms. The number of alkyl halides is 1. The van der Waals surface area contributed by atoms with E-state index in [1.54, 1.807) is 36.4 Å². The normalized spacial score (nSPS) is 11.3. The van der Waals surface area contributed by atoms with Crippen LogP contribution in [0.4, 0.5) is 5.69 Å². The molecule has 2 rings (SSSR count). The van der Waals surface area contributed by atoms with E-state index in [4.69, 9.17) is 0 Å². The van der Waals surface area contributed by atoms with Gasteiger partial charge < -0.3 is 0 Å². The molecule has 20 heavy (non-hydrogen) atoms. The Bertz CT molecular complexity index is 712. The number of rotatable bonds is 4. The molecule has 2 aromatic rings. The van der Waals surface area contributed by atoms with E-state index in [-0.39, 0.29) is 4.90 Å². The highest BCUT2D eigenvalue weighted by Gasteiger charge is 2.15. The third kappa shape index (κ3) is 3.62. The Labute approximate surface area is 135 Å². The van der Waals surface area contributed by atoms with E-state index in [0.29, 0.717) is 11.0 Å². The maximum Gasteiger partial charge on any atom is 0.261 e.